The summed E-state index contributed by atoms with van der Waals surface area (Å²) in [6, 6.07) is 9.15. The summed E-state index contributed by atoms with van der Waals surface area (Å²) in [6.45, 7) is 8.39. The standard InChI is InChI=1S/C21H29N3O3/c1-3-27-21(26)14-24-11-16(19-6-4-5-7-20(19)24)10-22-12-17-8-18(25)13-23(17)9-15(22)2/h4-7,11,15,17-18,25H,3,8-10,12-14H2,1-2H3/t15-,17+,18-/m1/s1. The maximum Gasteiger partial charge on any atom is 0.325 e. The Bertz CT molecular complexity index is 818. The number of benzene rings is 1. The monoisotopic (exact) mass is 371 g/mol. The number of piperazine rings is 1. The molecule has 2 aliphatic heterocycles. The quantitative estimate of drug-likeness (QED) is 0.813. The highest BCUT2D eigenvalue weighted by molar-refractivity contribution is 5.85. The van der Waals surface area contributed by atoms with Crippen molar-refractivity contribution in [2.45, 2.75) is 51.5 Å². The van der Waals surface area contributed by atoms with Crippen LogP contribution in [0, 0.1) is 0 Å². The molecule has 1 aromatic heterocycles. The molecule has 6 nitrogen and oxygen atoms in total. The van der Waals surface area contributed by atoms with Crippen molar-refractivity contribution in [3.05, 3.63) is 36.0 Å². The topological polar surface area (TPSA) is 57.9 Å². The highest BCUT2D eigenvalue weighted by Gasteiger charge is 2.38. The second kappa shape index (κ2) is 7.62. The van der Waals surface area contributed by atoms with E-state index in [1.807, 2.05) is 17.6 Å². The fraction of sp³-hybridized carbons (Fsp3) is 0.571. The fourth-order valence-corrected chi connectivity index (χ4v) is 4.64. The van der Waals surface area contributed by atoms with Crippen LogP contribution in [0.1, 0.15) is 25.8 Å². The minimum absolute atomic E-state index is 0.186. The summed E-state index contributed by atoms with van der Waals surface area (Å²) in [6.07, 6.45) is 2.78. The summed E-state index contributed by atoms with van der Waals surface area (Å²) in [4.78, 5) is 16.9. The predicted molar refractivity (Wildman–Crippen MR) is 104 cm³/mol. The molecule has 6 heteroatoms. The lowest BCUT2D eigenvalue weighted by Gasteiger charge is -2.42. The Kier molecular flexibility index (Phi) is 5.21. The smallest absolute Gasteiger partial charge is 0.325 e. The molecule has 3 atom stereocenters. The molecule has 0 aliphatic carbocycles. The molecule has 2 aliphatic rings. The van der Waals surface area contributed by atoms with E-state index in [2.05, 4.69) is 41.1 Å². The molecular formula is C21H29N3O3. The average Bonchev–Trinajstić information content (AvgIpc) is 3.15. The zero-order valence-corrected chi connectivity index (χ0v) is 16.2. The minimum atomic E-state index is -0.202. The van der Waals surface area contributed by atoms with Gasteiger partial charge >= 0.3 is 5.97 Å². The van der Waals surface area contributed by atoms with E-state index in [9.17, 15) is 9.90 Å². The van der Waals surface area contributed by atoms with E-state index in [4.69, 9.17) is 4.74 Å². The Labute approximate surface area is 160 Å². The molecule has 0 saturated carbocycles. The highest BCUT2D eigenvalue weighted by Crippen LogP contribution is 2.28. The number of hydrogen-bond acceptors (Lipinski definition) is 5. The van der Waals surface area contributed by atoms with Crippen LogP contribution in [-0.2, 0) is 22.6 Å². The van der Waals surface area contributed by atoms with Crippen LogP contribution in [0.3, 0.4) is 0 Å². The maximum atomic E-state index is 12.0. The molecule has 27 heavy (non-hydrogen) atoms. The third-order valence-corrected chi connectivity index (χ3v) is 5.92. The Morgan fingerprint density at radius 3 is 2.89 bits per heavy atom. The number of aliphatic hydroxyl groups is 1. The van der Waals surface area contributed by atoms with Crippen molar-refractivity contribution in [1.29, 1.82) is 0 Å². The maximum absolute atomic E-state index is 12.0. The number of fused-ring (bicyclic) bond motifs is 2. The summed E-state index contributed by atoms with van der Waals surface area (Å²) >= 11 is 0. The van der Waals surface area contributed by atoms with Gasteiger partial charge in [-0.3, -0.25) is 14.6 Å². The highest BCUT2D eigenvalue weighted by atomic mass is 16.5. The van der Waals surface area contributed by atoms with Crippen LogP contribution in [-0.4, -0.2) is 69.9 Å². The van der Waals surface area contributed by atoms with Crippen molar-refractivity contribution < 1.29 is 14.6 Å². The van der Waals surface area contributed by atoms with Gasteiger partial charge in [-0.05, 0) is 31.9 Å². The van der Waals surface area contributed by atoms with E-state index in [1.165, 1.54) is 10.9 Å². The van der Waals surface area contributed by atoms with E-state index in [1.54, 1.807) is 0 Å². The number of esters is 1. The van der Waals surface area contributed by atoms with Crippen LogP contribution < -0.4 is 0 Å². The molecule has 0 spiro atoms. The normalized spacial score (nSPS) is 26.4. The van der Waals surface area contributed by atoms with Crippen molar-refractivity contribution in [2.24, 2.45) is 0 Å². The molecule has 0 unspecified atom stereocenters. The summed E-state index contributed by atoms with van der Waals surface area (Å²) in [7, 11) is 0. The number of carbonyl (C=O) groups is 1. The summed E-state index contributed by atoms with van der Waals surface area (Å²) in [5, 5.41) is 11.2. The molecule has 0 radical (unpaired) electrons. The molecule has 146 valence electrons. The van der Waals surface area contributed by atoms with Gasteiger partial charge in [-0.1, -0.05) is 18.2 Å². The van der Waals surface area contributed by atoms with Gasteiger partial charge in [0, 0.05) is 55.4 Å². The second-order valence-electron chi connectivity index (χ2n) is 7.88. The van der Waals surface area contributed by atoms with Crippen LogP contribution in [0.15, 0.2) is 30.5 Å². The number of nitrogens with zero attached hydrogens (tertiary/aromatic N) is 3. The van der Waals surface area contributed by atoms with Gasteiger partial charge in [0.1, 0.15) is 6.54 Å². The molecule has 4 rings (SSSR count). The third kappa shape index (κ3) is 3.74. The van der Waals surface area contributed by atoms with Gasteiger partial charge < -0.3 is 14.4 Å². The molecular weight excluding hydrogens is 342 g/mol. The van der Waals surface area contributed by atoms with Crippen LogP contribution in [0.25, 0.3) is 10.9 Å². The van der Waals surface area contributed by atoms with Crippen LogP contribution in [0.4, 0.5) is 0 Å². The molecule has 1 aromatic carbocycles. The van der Waals surface area contributed by atoms with Gasteiger partial charge in [-0.15, -0.1) is 0 Å². The van der Waals surface area contributed by atoms with E-state index in [0.717, 1.165) is 38.1 Å². The lowest BCUT2D eigenvalue weighted by molar-refractivity contribution is -0.143. The van der Waals surface area contributed by atoms with Gasteiger partial charge in [0.2, 0.25) is 0 Å². The van der Waals surface area contributed by atoms with E-state index in [0.29, 0.717) is 18.7 Å². The lowest BCUT2D eigenvalue weighted by atomic mass is 10.1. The second-order valence-corrected chi connectivity index (χ2v) is 7.88. The first-order valence-corrected chi connectivity index (χ1v) is 9.93. The van der Waals surface area contributed by atoms with Gasteiger partial charge in [0.25, 0.3) is 0 Å². The number of rotatable bonds is 5. The fourth-order valence-electron chi connectivity index (χ4n) is 4.64. The first-order valence-electron chi connectivity index (χ1n) is 9.93. The SMILES string of the molecule is CCOC(=O)Cn1cc(CN2C[C@@H]3C[C@@H](O)CN3C[C@H]2C)c2ccccc21. The molecule has 3 heterocycles. The van der Waals surface area contributed by atoms with Crippen LogP contribution >= 0.6 is 0 Å². The number of carbonyl (C=O) groups excluding carboxylic acids is 1. The number of ether oxygens (including phenoxy) is 1. The van der Waals surface area contributed by atoms with Crippen molar-refractivity contribution in [2.75, 3.05) is 26.2 Å². The number of aromatic nitrogens is 1. The van der Waals surface area contributed by atoms with Gasteiger partial charge in [0.15, 0.2) is 0 Å². The summed E-state index contributed by atoms with van der Waals surface area (Å²) in [5.74, 6) is -0.202. The molecule has 2 aromatic rings. The third-order valence-electron chi connectivity index (χ3n) is 5.92. The minimum Gasteiger partial charge on any atom is -0.465 e. The molecule has 1 N–H and O–H groups in total. The molecule has 2 saturated heterocycles. The zero-order chi connectivity index (χ0) is 19.0. The van der Waals surface area contributed by atoms with Gasteiger partial charge in [-0.25, -0.2) is 0 Å². The van der Waals surface area contributed by atoms with E-state index in [-0.39, 0.29) is 18.6 Å². The molecule has 0 bridgehead atoms. The van der Waals surface area contributed by atoms with E-state index >= 15 is 0 Å². The summed E-state index contributed by atoms with van der Waals surface area (Å²) in [5.41, 5.74) is 2.32. The van der Waals surface area contributed by atoms with Crippen molar-refractivity contribution in [1.82, 2.24) is 14.4 Å². The molecule has 2 fully saturated rings. The zero-order valence-electron chi connectivity index (χ0n) is 16.2. The first kappa shape index (κ1) is 18.5. The Hall–Kier alpha value is -1.89. The van der Waals surface area contributed by atoms with Gasteiger partial charge in [0.05, 0.1) is 12.7 Å². The van der Waals surface area contributed by atoms with Crippen molar-refractivity contribution in [3.63, 3.8) is 0 Å². The van der Waals surface area contributed by atoms with Gasteiger partial charge in [-0.2, -0.15) is 0 Å². The summed E-state index contributed by atoms with van der Waals surface area (Å²) < 4.78 is 7.13. The predicted octanol–water partition coefficient (Wildman–Crippen LogP) is 1.84. The Morgan fingerprint density at radius 2 is 2.07 bits per heavy atom. The molecule has 0 amide bonds. The largest absolute Gasteiger partial charge is 0.465 e. The van der Waals surface area contributed by atoms with Crippen molar-refractivity contribution in [3.8, 4) is 0 Å². The Morgan fingerprint density at radius 1 is 1.26 bits per heavy atom. The lowest BCUT2D eigenvalue weighted by Crippen LogP contribution is -2.54. The van der Waals surface area contributed by atoms with E-state index < -0.39 is 0 Å². The van der Waals surface area contributed by atoms with Crippen LogP contribution in [0.2, 0.25) is 0 Å². The average molecular weight is 371 g/mol. The number of aliphatic hydroxyl groups excluding tert-OH is 1. The van der Waals surface area contributed by atoms with Crippen LogP contribution in [0.5, 0.6) is 0 Å². The van der Waals surface area contributed by atoms with Crippen molar-refractivity contribution >= 4 is 16.9 Å². The number of hydrogen-bond donors (Lipinski definition) is 1. The Balaban J connectivity index is 1.56. The number of para-hydroxylation sites is 1. The first-order chi connectivity index (χ1) is 13.0.